The van der Waals surface area contributed by atoms with E-state index in [4.69, 9.17) is 0 Å². The largest absolute Gasteiger partial charge is 0.355 e. The van der Waals surface area contributed by atoms with E-state index in [2.05, 4.69) is 20.4 Å². The molecule has 2 heterocycles. The summed E-state index contributed by atoms with van der Waals surface area (Å²) in [6, 6.07) is 3.48. The molecule has 1 aromatic heterocycles. The fourth-order valence-corrected chi connectivity index (χ4v) is 2.89. The molecular formula is C16H25N5O2. The molecule has 1 fully saturated rings. The van der Waals surface area contributed by atoms with Crippen molar-refractivity contribution in [3.63, 3.8) is 0 Å². The Hall–Kier alpha value is -2.18. The van der Waals surface area contributed by atoms with Gasteiger partial charge >= 0.3 is 0 Å². The molecular weight excluding hydrogens is 294 g/mol. The molecule has 23 heavy (non-hydrogen) atoms. The van der Waals surface area contributed by atoms with Crippen molar-refractivity contribution in [2.45, 2.75) is 26.7 Å². The number of aromatic nitrogens is 2. The van der Waals surface area contributed by atoms with Gasteiger partial charge in [0.05, 0.1) is 0 Å². The number of nitrogens with one attached hydrogen (secondary N) is 1. The third kappa shape index (κ3) is 3.97. The Kier molecular flexibility index (Phi) is 5.90. The topological polar surface area (TPSA) is 78.4 Å². The van der Waals surface area contributed by atoms with E-state index in [9.17, 15) is 9.59 Å². The minimum absolute atomic E-state index is 0.101. The lowest BCUT2D eigenvalue weighted by Crippen LogP contribution is -2.42. The van der Waals surface area contributed by atoms with Crippen molar-refractivity contribution in [3.05, 3.63) is 17.8 Å². The minimum Gasteiger partial charge on any atom is -0.355 e. The molecule has 0 bridgehead atoms. The van der Waals surface area contributed by atoms with Crippen molar-refractivity contribution >= 4 is 17.6 Å². The fourth-order valence-electron chi connectivity index (χ4n) is 2.89. The van der Waals surface area contributed by atoms with Crippen LogP contribution in [0.1, 0.15) is 37.2 Å². The molecule has 2 amide bonds. The highest BCUT2D eigenvalue weighted by atomic mass is 16.2. The number of carbonyl (C=O) groups excluding carboxylic acids is 2. The Morgan fingerprint density at radius 2 is 1.87 bits per heavy atom. The van der Waals surface area contributed by atoms with Crippen LogP contribution >= 0.6 is 0 Å². The van der Waals surface area contributed by atoms with Crippen molar-refractivity contribution in [1.82, 2.24) is 20.4 Å². The Bertz CT molecular complexity index is 534. The summed E-state index contributed by atoms with van der Waals surface area (Å²) in [5, 5.41) is 10.6. The first-order chi connectivity index (χ1) is 11.1. The lowest BCUT2D eigenvalue weighted by molar-refractivity contribution is -0.135. The Morgan fingerprint density at radius 1 is 1.22 bits per heavy atom. The molecule has 2 rings (SSSR count). The highest BCUT2D eigenvalue weighted by Gasteiger charge is 2.28. The van der Waals surface area contributed by atoms with Gasteiger partial charge in [0.2, 0.25) is 5.91 Å². The lowest BCUT2D eigenvalue weighted by Gasteiger charge is -2.34. The number of carbonyl (C=O) groups is 2. The first-order valence-electron chi connectivity index (χ1n) is 8.20. The third-order valence-corrected chi connectivity index (χ3v) is 4.35. The van der Waals surface area contributed by atoms with E-state index in [1.807, 2.05) is 24.8 Å². The van der Waals surface area contributed by atoms with E-state index in [1.165, 1.54) is 0 Å². The molecule has 1 saturated heterocycles. The zero-order chi connectivity index (χ0) is 16.8. The number of hydrogen-bond acceptors (Lipinski definition) is 5. The molecule has 126 valence electrons. The van der Waals surface area contributed by atoms with Gasteiger partial charge in [-0.25, -0.2) is 0 Å². The predicted octanol–water partition coefficient (Wildman–Crippen LogP) is 0.921. The van der Waals surface area contributed by atoms with E-state index in [0.29, 0.717) is 5.69 Å². The third-order valence-electron chi connectivity index (χ3n) is 4.35. The maximum absolute atomic E-state index is 12.4. The molecule has 1 aliphatic rings. The molecule has 0 aromatic carbocycles. The number of anilines is 1. The number of rotatable bonds is 5. The normalized spacial score (nSPS) is 15.3. The van der Waals surface area contributed by atoms with Gasteiger partial charge in [-0.1, -0.05) is 0 Å². The Balaban J connectivity index is 1.94. The molecule has 0 spiro atoms. The first kappa shape index (κ1) is 17.2. The van der Waals surface area contributed by atoms with Crippen LogP contribution in [0.4, 0.5) is 5.82 Å². The number of amides is 2. The van der Waals surface area contributed by atoms with Gasteiger partial charge in [0.1, 0.15) is 0 Å². The predicted molar refractivity (Wildman–Crippen MR) is 88.3 cm³/mol. The molecule has 0 aliphatic carbocycles. The summed E-state index contributed by atoms with van der Waals surface area (Å²) in [5.74, 6) is 0.874. The van der Waals surface area contributed by atoms with Crippen LogP contribution in [0.15, 0.2) is 12.1 Å². The van der Waals surface area contributed by atoms with Gasteiger partial charge in [-0.3, -0.25) is 9.59 Å². The molecule has 1 N–H and O–H groups in total. The Labute approximate surface area is 137 Å². The average Bonchev–Trinajstić information content (AvgIpc) is 2.62. The van der Waals surface area contributed by atoms with Gasteiger partial charge in [0.25, 0.3) is 5.91 Å². The van der Waals surface area contributed by atoms with Crippen LogP contribution in [-0.4, -0.2) is 60.1 Å². The molecule has 0 atom stereocenters. The summed E-state index contributed by atoms with van der Waals surface area (Å²) in [6.07, 6.45) is 1.66. The maximum atomic E-state index is 12.4. The first-order valence-corrected chi connectivity index (χ1v) is 8.20. The highest BCUT2D eigenvalue weighted by molar-refractivity contribution is 5.91. The number of piperidine rings is 1. The fraction of sp³-hybridized carbons (Fsp3) is 0.625. The second kappa shape index (κ2) is 7.89. The van der Waals surface area contributed by atoms with Crippen LogP contribution in [0.25, 0.3) is 0 Å². The van der Waals surface area contributed by atoms with Gasteiger partial charge < -0.3 is 15.1 Å². The van der Waals surface area contributed by atoms with Crippen molar-refractivity contribution in [1.29, 1.82) is 0 Å². The van der Waals surface area contributed by atoms with E-state index < -0.39 is 0 Å². The van der Waals surface area contributed by atoms with Crippen LogP contribution in [0, 0.1) is 5.92 Å². The molecule has 1 aromatic rings. The van der Waals surface area contributed by atoms with Crippen LogP contribution in [0.2, 0.25) is 0 Å². The van der Waals surface area contributed by atoms with Gasteiger partial charge in [-0.2, -0.15) is 0 Å². The highest BCUT2D eigenvalue weighted by Crippen LogP contribution is 2.23. The molecule has 7 nitrogen and oxygen atoms in total. The molecule has 1 aliphatic heterocycles. The van der Waals surface area contributed by atoms with Gasteiger partial charge in [-0.05, 0) is 38.8 Å². The summed E-state index contributed by atoms with van der Waals surface area (Å²) >= 11 is 0. The summed E-state index contributed by atoms with van der Waals surface area (Å²) in [7, 11) is 1.57. The van der Waals surface area contributed by atoms with Crippen LogP contribution < -0.4 is 10.2 Å². The molecule has 0 radical (unpaired) electrons. The summed E-state index contributed by atoms with van der Waals surface area (Å²) < 4.78 is 0. The molecule has 7 heteroatoms. The molecule has 0 unspecified atom stereocenters. The van der Waals surface area contributed by atoms with E-state index in [-0.39, 0.29) is 17.7 Å². The zero-order valence-corrected chi connectivity index (χ0v) is 14.1. The van der Waals surface area contributed by atoms with E-state index >= 15 is 0 Å². The van der Waals surface area contributed by atoms with Gasteiger partial charge in [0, 0.05) is 39.1 Å². The SMILES string of the molecule is CCN(CC)C(=O)C1CCN(c2ccc(C(=O)NC)nn2)CC1. The minimum atomic E-state index is -0.243. The quantitative estimate of drug-likeness (QED) is 0.873. The summed E-state index contributed by atoms with van der Waals surface area (Å²) in [5.41, 5.74) is 0.308. The number of nitrogens with zero attached hydrogens (tertiary/aromatic N) is 4. The van der Waals surface area contributed by atoms with Crippen LogP contribution in [0.5, 0.6) is 0 Å². The van der Waals surface area contributed by atoms with E-state index in [1.54, 1.807) is 13.1 Å². The summed E-state index contributed by atoms with van der Waals surface area (Å²) in [6.45, 7) is 7.13. The summed E-state index contributed by atoms with van der Waals surface area (Å²) in [4.78, 5) is 27.9. The van der Waals surface area contributed by atoms with Crippen molar-refractivity contribution < 1.29 is 9.59 Å². The monoisotopic (exact) mass is 319 g/mol. The smallest absolute Gasteiger partial charge is 0.271 e. The second-order valence-corrected chi connectivity index (χ2v) is 5.63. The van der Waals surface area contributed by atoms with Crippen LogP contribution in [-0.2, 0) is 4.79 Å². The standard InChI is InChI=1S/C16H25N5O2/c1-4-20(5-2)16(23)12-8-10-21(11-9-12)14-7-6-13(18-19-14)15(22)17-3/h6-7,12H,4-5,8-11H2,1-3H3,(H,17,22). The second-order valence-electron chi connectivity index (χ2n) is 5.63. The van der Waals surface area contributed by atoms with E-state index in [0.717, 1.165) is 44.8 Å². The van der Waals surface area contributed by atoms with Crippen LogP contribution in [0.3, 0.4) is 0 Å². The van der Waals surface area contributed by atoms with Gasteiger partial charge in [0.15, 0.2) is 11.5 Å². The van der Waals surface area contributed by atoms with Crippen molar-refractivity contribution in [2.24, 2.45) is 5.92 Å². The Morgan fingerprint density at radius 3 is 2.35 bits per heavy atom. The zero-order valence-electron chi connectivity index (χ0n) is 14.1. The van der Waals surface area contributed by atoms with Crippen molar-refractivity contribution in [2.75, 3.05) is 38.1 Å². The van der Waals surface area contributed by atoms with Crippen molar-refractivity contribution in [3.8, 4) is 0 Å². The lowest BCUT2D eigenvalue weighted by atomic mass is 9.95. The number of hydrogen-bond donors (Lipinski definition) is 1. The maximum Gasteiger partial charge on any atom is 0.271 e. The van der Waals surface area contributed by atoms with Gasteiger partial charge in [-0.15, -0.1) is 10.2 Å². The average molecular weight is 319 g/mol. The molecule has 0 saturated carbocycles.